The van der Waals surface area contributed by atoms with Crippen LogP contribution in [0.5, 0.6) is 0 Å². The zero-order valence-corrected chi connectivity index (χ0v) is 15.0. The van der Waals surface area contributed by atoms with Crippen molar-refractivity contribution in [3.63, 3.8) is 0 Å². The molecular formula is C18H16BrN5O. The van der Waals surface area contributed by atoms with Gasteiger partial charge in [0.15, 0.2) is 0 Å². The third kappa shape index (κ3) is 4.77. The summed E-state index contributed by atoms with van der Waals surface area (Å²) in [5.74, 6) is 1.25. The number of nitrogens with zero attached hydrogens (tertiary/aromatic N) is 2. The summed E-state index contributed by atoms with van der Waals surface area (Å²) in [6, 6.07) is 17.0. The molecule has 126 valence electrons. The van der Waals surface area contributed by atoms with Gasteiger partial charge in [0.05, 0.1) is 5.69 Å². The first-order valence-electron chi connectivity index (χ1n) is 7.58. The molecule has 6 nitrogen and oxygen atoms in total. The Balaban J connectivity index is 1.71. The molecule has 3 N–H and O–H groups in total. The molecule has 25 heavy (non-hydrogen) atoms. The van der Waals surface area contributed by atoms with Gasteiger partial charge in [0.2, 0.25) is 5.91 Å². The van der Waals surface area contributed by atoms with Crippen molar-refractivity contribution in [2.75, 3.05) is 16.0 Å². The zero-order valence-electron chi connectivity index (χ0n) is 13.5. The van der Waals surface area contributed by atoms with Crippen LogP contribution in [0.15, 0.2) is 65.4 Å². The van der Waals surface area contributed by atoms with Gasteiger partial charge in [-0.1, -0.05) is 12.1 Å². The molecule has 0 aliphatic rings. The molecular weight excluding hydrogens is 382 g/mol. The number of para-hydroxylation sites is 1. The van der Waals surface area contributed by atoms with Gasteiger partial charge in [-0.15, -0.1) is 0 Å². The molecule has 0 aliphatic carbocycles. The number of halogens is 1. The molecule has 1 amide bonds. The second-order valence-electron chi connectivity index (χ2n) is 5.28. The molecule has 0 saturated carbocycles. The maximum absolute atomic E-state index is 11.0. The van der Waals surface area contributed by atoms with Gasteiger partial charge < -0.3 is 16.0 Å². The molecule has 0 bridgehead atoms. The average Bonchev–Trinajstić information content (AvgIpc) is 2.59. The lowest BCUT2D eigenvalue weighted by molar-refractivity contribution is -0.114. The fourth-order valence-corrected chi connectivity index (χ4v) is 2.57. The summed E-state index contributed by atoms with van der Waals surface area (Å²) in [4.78, 5) is 19.5. The molecule has 2 aromatic carbocycles. The number of carbonyl (C=O) groups is 1. The van der Waals surface area contributed by atoms with Crippen LogP contribution in [0.3, 0.4) is 0 Å². The highest BCUT2D eigenvalue weighted by Crippen LogP contribution is 2.25. The summed E-state index contributed by atoms with van der Waals surface area (Å²) in [6.45, 7) is 1.48. The van der Waals surface area contributed by atoms with Crippen molar-refractivity contribution < 1.29 is 4.79 Å². The highest BCUT2D eigenvalue weighted by Gasteiger charge is 2.03. The van der Waals surface area contributed by atoms with Crippen molar-refractivity contribution in [3.8, 4) is 0 Å². The number of anilines is 5. The molecule has 0 fully saturated rings. The van der Waals surface area contributed by atoms with E-state index in [2.05, 4.69) is 41.8 Å². The fraction of sp³-hybridized carbons (Fsp3) is 0.0556. The van der Waals surface area contributed by atoms with Gasteiger partial charge in [-0.3, -0.25) is 4.79 Å². The van der Waals surface area contributed by atoms with E-state index in [0.717, 1.165) is 21.5 Å². The van der Waals surface area contributed by atoms with E-state index in [4.69, 9.17) is 0 Å². The van der Waals surface area contributed by atoms with E-state index in [1.807, 2.05) is 54.6 Å². The molecule has 0 unspecified atom stereocenters. The summed E-state index contributed by atoms with van der Waals surface area (Å²) >= 11 is 3.50. The van der Waals surface area contributed by atoms with Crippen LogP contribution in [0.1, 0.15) is 6.92 Å². The number of amides is 1. The summed E-state index contributed by atoms with van der Waals surface area (Å²) in [7, 11) is 0. The topological polar surface area (TPSA) is 78.9 Å². The lowest BCUT2D eigenvalue weighted by Crippen LogP contribution is -2.05. The van der Waals surface area contributed by atoms with E-state index in [1.54, 1.807) is 0 Å². The van der Waals surface area contributed by atoms with E-state index in [0.29, 0.717) is 11.6 Å². The smallest absolute Gasteiger partial charge is 0.221 e. The maximum atomic E-state index is 11.0. The first-order valence-corrected chi connectivity index (χ1v) is 8.38. The lowest BCUT2D eigenvalue weighted by Gasteiger charge is -2.10. The van der Waals surface area contributed by atoms with Gasteiger partial charge in [-0.05, 0) is 52.3 Å². The van der Waals surface area contributed by atoms with Crippen LogP contribution in [-0.2, 0) is 4.79 Å². The van der Waals surface area contributed by atoms with Crippen LogP contribution in [0.25, 0.3) is 0 Å². The molecule has 0 saturated heterocycles. The first-order chi connectivity index (χ1) is 12.1. The molecule has 0 radical (unpaired) electrons. The molecule has 1 heterocycles. The second-order valence-corrected chi connectivity index (χ2v) is 6.13. The van der Waals surface area contributed by atoms with Crippen LogP contribution in [0.4, 0.5) is 28.7 Å². The van der Waals surface area contributed by atoms with Gasteiger partial charge in [-0.25, -0.2) is 9.97 Å². The van der Waals surface area contributed by atoms with Crippen LogP contribution in [-0.4, -0.2) is 15.9 Å². The number of hydrogen-bond acceptors (Lipinski definition) is 5. The summed E-state index contributed by atoms with van der Waals surface area (Å²) < 4.78 is 0.955. The number of hydrogen-bond donors (Lipinski definition) is 3. The van der Waals surface area contributed by atoms with Crippen LogP contribution in [0.2, 0.25) is 0 Å². The minimum atomic E-state index is -0.0979. The van der Waals surface area contributed by atoms with Crippen LogP contribution >= 0.6 is 15.9 Å². The van der Waals surface area contributed by atoms with E-state index < -0.39 is 0 Å². The Morgan fingerprint density at radius 2 is 1.56 bits per heavy atom. The highest BCUT2D eigenvalue weighted by atomic mass is 79.9. The van der Waals surface area contributed by atoms with Crippen molar-refractivity contribution in [3.05, 3.63) is 65.4 Å². The standard InChI is InChI=1S/C18H16BrN5O/c1-12(25)22-13-6-8-14(9-7-13)23-17-10-18(21-11-20-17)24-16-5-3-2-4-15(16)19/h2-11H,1H3,(H,22,25)(H2,20,21,23,24). The fourth-order valence-electron chi connectivity index (χ4n) is 2.18. The number of benzene rings is 2. The maximum Gasteiger partial charge on any atom is 0.221 e. The number of aromatic nitrogens is 2. The van der Waals surface area contributed by atoms with E-state index in [1.165, 1.54) is 13.3 Å². The summed E-state index contributed by atoms with van der Waals surface area (Å²) in [5, 5.41) is 9.18. The normalized spacial score (nSPS) is 10.2. The summed E-state index contributed by atoms with van der Waals surface area (Å²) in [5.41, 5.74) is 2.53. The third-order valence-electron chi connectivity index (χ3n) is 3.28. The third-order valence-corrected chi connectivity index (χ3v) is 3.97. The largest absolute Gasteiger partial charge is 0.340 e. The van der Waals surface area contributed by atoms with Gasteiger partial charge in [0.25, 0.3) is 0 Å². The Morgan fingerprint density at radius 3 is 2.24 bits per heavy atom. The van der Waals surface area contributed by atoms with Gasteiger partial charge in [0.1, 0.15) is 18.0 Å². The zero-order chi connectivity index (χ0) is 17.6. The highest BCUT2D eigenvalue weighted by molar-refractivity contribution is 9.10. The molecule has 1 aromatic heterocycles. The van der Waals surface area contributed by atoms with Gasteiger partial charge >= 0.3 is 0 Å². The molecule has 7 heteroatoms. The minimum absolute atomic E-state index is 0.0979. The number of rotatable bonds is 5. The Bertz CT molecular complexity index is 883. The van der Waals surface area contributed by atoms with Crippen LogP contribution < -0.4 is 16.0 Å². The van der Waals surface area contributed by atoms with Crippen molar-refractivity contribution in [1.82, 2.24) is 9.97 Å². The predicted molar refractivity (Wildman–Crippen MR) is 103 cm³/mol. The van der Waals surface area contributed by atoms with E-state index >= 15 is 0 Å². The molecule has 0 spiro atoms. The first kappa shape index (κ1) is 16.9. The van der Waals surface area contributed by atoms with Gasteiger partial charge in [0, 0.05) is 28.8 Å². The quantitative estimate of drug-likeness (QED) is 0.582. The predicted octanol–water partition coefficient (Wildman–Crippen LogP) is 4.68. The molecule has 0 aliphatic heterocycles. The van der Waals surface area contributed by atoms with Crippen molar-refractivity contribution >= 4 is 50.5 Å². The van der Waals surface area contributed by atoms with Crippen molar-refractivity contribution in [2.45, 2.75) is 6.92 Å². The van der Waals surface area contributed by atoms with E-state index in [9.17, 15) is 4.79 Å². The van der Waals surface area contributed by atoms with Crippen molar-refractivity contribution in [1.29, 1.82) is 0 Å². The molecule has 3 aromatic rings. The number of nitrogens with one attached hydrogen (secondary N) is 3. The van der Waals surface area contributed by atoms with Gasteiger partial charge in [-0.2, -0.15) is 0 Å². The van der Waals surface area contributed by atoms with E-state index in [-0.39, 0.29) is 5.91 Å². The minimum Gasteiger partial charge on any atom is -0.340 e. The Kier molecular flexibility index (Phi) is 5.25. The monoisotopic (exact) mass is 397 g/mol. The molecule has 3 rings (SSSR count). The molecule has 0 atom stereocenters. The Hall–Kier alpha value is -2.93. The average molecular weight is 398 g/mol. The Morgan fingerprint density at radius 1 is 0.920 bits per heavy atom. The number of carbonyl (C=O) groups excluding carboxylic acids is 1. The lowest BCUT2D eigenvalue weighted by atomic mass is 10.2. The van der Waals surface area contributed by atoms with Crippen molar-refractivity contribution in [2.24, 2.45) is 0 Å². The summed E-state index contributed by atoms with van der Waals surface area (Å²) in [6.07, 6.45) is 1.49. The SMILES string of the molecule is CC(=O)Nc1ccc(Nc2cc(Nc3ccccc3Br)ncn2)cc1. The van der Waals surface area contributed by atoms with Crippen LogP contribution in [0, 0.1) is 0 Å². The Labute approximate surface area is 153 Å². The second kappa shape index (κ2) is 7.76.